The van der Waals surface area contributed by atoms with Gasteiger partial charge in [0.25, 0.3) is 5.91 Å². The first-order chi connectivity index (χ1) is 13.3. The van der Waals surface area contributed by atoms with Crippen molar-refractivity contribution in [1.29, 1.82) is 0 Å². The van der Waals surface area contributed by atoms with Gasteiger partial charge in [-0.3, -0.25) is 4.79 Å². The molecular formula is C20H27FN2O4S. The summed E-state index contributed by atoms with van der Waals surface area (Å²) >= 11 is 0. The lowest BCUT2D eigenvalue weighted by atomic mass is 9.89. The third-order valence-electron chi connectivity index (χ3n) is 6.36. The Morgan fingerprint density at radius 3 is 2.46 bits per heavy atom. The molecule has 0 saturated carbocycles. The molecule has 0 N–H and O–H groups in total. The van der Waals surface area contributed by atoms with Gasteiger partial charge in [0.15, 0.2) is 0 Å². The van der Waals surface area contributed by atoms with Crippen LogP contribution in [0.3, 0.4) is 0 Å². The summed E-state index contributed by atoms with van der Waals surface area (Å²) in [4.78, 5) is 14.5. The fourth-order valence-corrected chi connectivity index (χ4v) is 5.97. The first-order valence-electron chi connectivity index (χ1n) is 10.0. The van der Waals surface area contributed by atoms with Crippen LogP contribution >= 0.6 is 0 Å². The second-order valence-electron chi connectivity index (χ2n) is 8.18. The van der Waals surface area contributed by atoms with E-state index in [0.29, 0.717) is 37.9 Å². The van der Waals surface area contributed by atoms with E-state index < -0.39 is 27.5 Å². The number of hydrogen-bond donors (Lipinski definition) is 0. The van der Waals surface area contributed by atoms with Crippen LogP contribution in [0.15, 0.2) is 23.1 Å². The van der Waals surface area contributed by atoms with Gasteiger partial charge in [0.1, 0.15) is 11.9 Å². The summed E-state index contributed by atoms with van der Waals surface area (Å²) in [6.45, 7) is 3.87. The molecule has 8 heteroatoms. The second kappa shape index (κ2) is 7.39. The lowest BCUT2D eigenvalue weighted by Crippen LogP contribution is -2.47. The van der Waals surface area contributed by atoms with Crippen LogP contribution < -0.4 is 0 Å². The van der Waals surface area contributed by atoms with E-state index in [1.54, 1.807) is 6.92 Å². The van der Waals surface area contributed by atoms with Gasteiger partial charge >= 0.3 is 0 Å². The Morgan fingerprint density at radius 2 is 1.82 bits per heavy atom. The third kappa shape index (κ3) is 3.57. The number of halogens is 1. The number of hydrogen-bond acceptors (Lipinski definition) is 4. The Morgan fingerprint density at radius 1 is 1.14 bits per heavy atom. The van der Waals surface area contributed by atoms with Gasteiger partial charge in [0.05, 0.1) is 10.5 Å². The Hall–Kier alpha value is -1.51. The zero-order chi connectivity index (χ0) is 19.9. The number of benzene rings is 1. The molecule has 0 bridgehead atoms. The highest BCUT2D eigenvalue weighted by atomic mass is 32.2. The van der Waals surface area contributed by atoms with Crippen molar-refractivity contribution in [3.63, 3.8) is 0 Å². The van der Waals surface area contributed by atoms with Gasteiger partial charge in [0.2, 0.25) is 10.0 Å². The van der Waals surface area contributed by atoms with Crippen molar-refractivity contribution in [3.8, 4) is 0 Å². The largest absolute Gasteiger partial charge is 0.362 e. The Kier molecular flexibility index (Phi) is 5.22. The average molecular weight is 411 g/mol. The Balaban J connectivity index is 1.40. The summed E-state index contributed by atoms with van der Waals surface area (Å²) < 4.78 is 47.1. The predicted molar refractivity (Wildman–Crippen MR) is 102 cm³/mol. The normalized spacial score (nSPS) is 25.5. The molecule has 1 aromatic carbocycles. The number of piperidine rings is 1. The van der Waals surface area contributed by atoms with Crippen molar-refractivity contribution in [2.45, 2.75) is 62.0 Å². The molecule has 154 valence electrons. The van der Waals surface area contributed by atoms with Crippen LogP contribution in [-0.4, -0.2) is 61.4 Å². The van der Waals surface area contributed by atoms with E-state index >= 15 is 0 Å². The SMILES string of the molecule is Cc1ccc(S(=O)(=O)N2CCC3(CC[C@@H](C(=O)N4CCCC4)O3)CC2)cc1F. The summed E-state index contributed by atoms with van der Waals surface area (Å²) in [7, 11) is -3.73. The Bertz CT molecular complexity index is 859. The van der Waals surface area contributed by atoms with E-state index in [1.165, 1.54) is 16.4 Å². The van der Waals surface area contributed by atoms with Gasteiger partial charge in [0, 0.05) is 26.2 Å². The number of ether oxygens (including phenoxy) is 1. The van der Waals surface area contributed by atoms with E-state index in [9.17, 15) is 17.6 Å². The van der Waals surface area contributed by atoms with Crippen LogP contribution in [0.1, 0.15) is 44.1 Å². The molecule has 1 aromatic rings. The van der Waals surface area contributed by atoms with E-state index in [2.05, 4.69) is 0 Å². The molecule has 1 amide bonds. The highest BCUT2D eigenvalue weighted by Gasteiger charge is 2.47. The van der Waals surface area contributed by atoms with Gasteiger partial charge in [-0.15, -0.1) is 0 Å². The topological polar surface area (TPSA) is 66.9 Å². The number of carbonyl (C=O) groups is 1. The number of rotatable bonds is 3. The van der Waals surface area contributed by atoms with E-state index in [1.807, 2.05) is 4.90 Å². The van der Waals surface area contributed by atoms with Gasteiger partial charge in [-0.05, 0) is 63.1 Å². The maximum atomic E-state index is 13.8. The van der Waals surface area contributed by atoms with Crippen LogP contribution in [0.4, 0.5) is 4.39 Å². The molecule has 0 aliphatic carbocycles. The molecule has 3 aliphatic rings. The van der Waals surface area contributed by atoms with Crippen LogP contribution in [0.2, 0.25) is 0 Å². The summed E-state index contributed by atoms with van der Waals surface area (Å²) in [6, 6.07) is 4.03. The van der Waals surface area contributed by atoms with Crippen molar-refractivity contribution in [2.75, 3.05) is 26.2 Å². The highest BCUT2D eigenvalue weighted by Crippen LogP contribution is 2.40. The third-order valence-corrected chi connectivity index (χ3v) is 8.26. The monoisotopic (exact) mass is 410 g/mol. The lowest BCUT2D eigenvalue weighted by molar-refractivity contribution is -0.149. The van der Waals surface area contributed by atoms with Crippen molar-refractivity contribution in [3.05, 3.63) is 29.6 Å². The van der Waals surface area contributed by atoms with E-state index in [0.717, 1.165) is 38.4 Å². The van der Waals surface area contributed by atoms with Crippen molar-refractivity contribution < 1.29 is 22.3 Å². The van der Waals surface area contributed by atoms with Crippen molar-refractivity contribution in [1.82, 2.24) is 9.21 Å². The molecule has 4 rings (SSSR count). The van der Waals surface area contributed by atoms with Crippen LogP contribution in [-0.2, 0) is 19.6 Å². The number of likely N-dealkylation sites (tertiary alicyclic amines) is 1. The molecule has 1 atom stereocenters. The minimum absolute atomic E-state index is 0.0130. The zero-order valence-electron chi connectivity index (χ0n) is 16.2. The predicted octanol–water partition coefficient (Wildman–Crippen LogP) is 2.46. The molecule has 3 saturated heterocycles. The molecule has 28 heavy (non-hydrogen) atoms. The number of nitrogens with zero attached hydrogens (tertiary/aromatic N) is 2. The smallest absolute Gasteiger partial charge is 0.251 e. The standard InChI is InChI=1S/C20H27FN2O4S/c1-15-4-5-16(14-17(15)21)28(25,26)23-12-8-20(9-13-23)7-6-18(27-20)19(24)22-10-2-3-11-22/h4-5,14,18H,2-3,6-13H2,1H3/t18-/m0/s1. The molecule has 0 unspecified atom stereocenters. The highest BCUT2D eigenvalue weighted by molar-refractivity contribution is 7.89. The van der Waals surface area contributed by atoms with Crippen LogP contribution in [0.25, 0.3) is 0 Å². The number of aryl methyl sites for hydroxylation is 1. The van der Waals surface area contributed by atoms with Crippen LogP contribution in [0.5, 0.6) is 0 Å². The van der Waals surface area contributed by atoms with E-state index in [4.69, 9.17) is 4.74 Å². The minimum atomic E-state index is -3.73. The molecular weight excluding hydrogens is 383 g/mol. The fourth-order valence-electron chi connectivity index (χ4n) is 4.51. The van der Waals surface area contributed by atoms with Gasteiger partial charge in [-0.1, -0.05) is 6.07 Å². The molecule has 6 nitrogen and oxygen atoms in total. The van der Waals surface area contributed by atoms with Gasteiger partial charge < -0.3 is 9.64 Å². The molecule has 3 heterocycles. The van der Waals surface area contributed by atoms with Crippen LogP contribution in [0, 0.1) is 12.7 Å². The van der Waals surface area contributed by atoms with Gasteiger partial charge in [-0.25, -0.2) is 12.8 Å². The second-order valence-corrected chi connectivity index (χ2v) is 10.1. The molecule has 3 fully saturated rings. The average Bonchev–Trinajstić information content (AvgIpc) is 3.34. The number of carbonyl (C=O) groups excluding carboxylic acids is 1. The molecule has 1 spiro atoms. The molecule has 0 radical (unpaired) electrons. The maximum Gasteiger partial charge on any atom is 0.251 e. The quantitative estimate of drug-likeness (QED) is 0.768. The summed E-state index contributed by atoms with van der Waals surface area (Å²) in [5.41, 5.74) is 0.00883. The van der Waals surface area contributed by atoms with Crippen molar-refractivity contribution >= 4 is 15.9 Å². The Labute approximate surface area is 165 Å². The van der Waals surface area contributed by atoms with Crippen molar-refractivity contribution in [2.24, 2.45) is 0 Å². The minimum Gasteiger partial charge on any atom is -0.362 e. The lowest BCUT2D eigenvalue weighted by Gasteiger charge is -2.38. The van der Waals surface area contributed by atoms with Gasteiger partial charge in [-0.2, -0.15) is 4.31 Å². The van der Waals surface area contributed by atoms with E-state index in [-0.39, 0.29) is 10.8 Å². The first-order valence-corrected chi connectivity index (χ1v) is 11.5. The number of amides is 1. The number of sulfonamides is 1. The maximum absolute atomic E-state index is 13.8. The molecule has 3 aliphatic heterocycles. The molecule has 0 aromatic heterocycles. The first kappa shape index (κ1) is 19.8. The summed E-state index contributed by atoms with van der Waals surface area (Å²) in [5, 5.41) is 0. The zero-order valence-corrected chi connectivity index (χ0v) is 17.0. The summed E-state index contributed by atoms with van der Waals surface area (Å²) in [5.74, 6) is -0.434. The fraction of sp³-hybridized carbons (Fsp3) is 0.650. The summed E-state index contributed by atoms with van der Waals surface area (Å²) in [6.07, 6.45) is 4.31.